The highest BCUT2D eigenvalue weighted by molar-refractivity contribution is 6.00. The molecule has 1 aromatic heterocycles. The van der Waals surface area contributed by atoms with Crippen LogP contribution in [0.1, 0.15) is 10.5 Å². The molecule has 0 aliphatic carbocycles. The molecule has 0 aromatic carbocycles. The predicted molar refractivity (Wildman–Crippen MR) is 46.5 cm³/mol. The largest absolute Gasteiger partial charge is 0.479 e. The molecule has 6 heteroatoms. The summed E-state index contributed by atoms with van der Waals surface area (Å²) in [5.41, 5.74) is 0.446. The number of carbonyl (C=O) groups is 2. The van der Waals surface area contributed by atoms with Gasteiger partial charge in [-0.2, -0.15) is 0 Å². The van der Waals surface area contributed by atoms with Gasteiger partial charge in [-0.15, -0.1) is 0 Å². The third kappa shape index (κ3) is 1.12. The van der Waals surface area contributed by atoms with Gasteiger partial charge >= 0.3 is 5.97 Å². The lowest BCUT2D eigenvalue weighted by molar-refractivity contribution is -0.118. The van der Waals surface area contributed by atoms with Gasteiger partial charge in [0.2, 0.25) is 0 Å². The number of anilines is 1. The molecule has 1 aliphatic rings. The van der Waals surface area contributed by atoms with Crippen molar-refractivity contribution in [2.75, 3.05) is 11.9 Å². The Labute approximate surface area is 79.1 Å². The lowest BCUT2D eigenvalue weighted by Gasteiger charge is -2.14. The van der Waals surface area contributed by atoms with Crippen molar-refractivity contribution in [3.05, 3.63) is 11.9 Å². The molecule has 0 fully saturated rings. The Morgan fingerprint density at radius 3 is 3.07 bits per heavy atom. The molecule has 0 bridgehead atoms. The summed E-state index contributed by atoms with van der Waals surface area (Å²) in [6.45, 7) is -0.142. The molecule has 1 amide bonds. The normalized spacial score (nSPS) is 14.2. The molecule has 2 rings (SSSR count). The molecule has 0 saturated heterocycles. The van der Waals surface area contributed by atoms with Gasteiger partial charge in [0.15, 0.2) is 18.1 Å². The summed E-state index contributed by atoms with van der Waals surface area (Å²) in [7, 11) is 1.58. The predicted octanol–water partition coefficient (Wildman–Crippen LogP) is 0.0542. The fourth-order valence-electron chi connectivity index (χ4n) is 1.41. The van der Waals surface area contributed by atoms with Crippen molar-refractivity contribution in [1.82, 2.24) is 4.57 Å². The van der Waals surface area contributed by atoms with Crippen molar-refractivity contribution in [2.45, 2.75) is 0 Å². The van der Waals surface area contributed by atoms with Gasteiger partial charge in [-0.05, 0) is 0 Å². The van der Waals surface area contributed by atoms with E-state index in [4.69, 9.17) is 9.84 Å². The molecule has 14 heavy (non-hydrogen) atoms. The van der Waals surface area contributed by atoms with Crippen LogP contribution in [0.15, 0.2) is 6.20 Å². The highest BCUT2D eigenvalue weighted by Crippen LogP contribution is 2.32. The van der Waals surface area contributed by atoms with Crippen LogP contribution in [0.25, 0.3) is 0 Å². The highest BCUT2D eigenvalue weighted by Gasteiger charge is 2.26. The number of aryl methyl sites for hydroxylation is 1. The van der Waals surface area contributed by atoms with E-state index in [1.807, 2.05) is 0 Å². The summed E-state index contributed by atoms with van der Waals surface area (Å²) >= 11 is 0. The Balaban J connectivity index is 2.54. The molecular weight excluding hydrogens is 188 g/mol. The van der Waals surface area contributed by atoms with Gasteiger partial charge in [0, 0.05) is 13.2 Å². The van der Waals surface area contributed by atoms with Crippen LogP contribution in [-0.2, 0) is 11.8 Å². The number of fused-ring (bicyclic) bond motifs is 1. The van der Waals surface area contributed by atoms with E-state index in [1.54, 1.807) is 7.05 Å². The van der Waals surface area contributed by atoms with Crippen molar-refractivity contribution in [3.8, 4) is 5.75 Å². The third-order valence-corrected chi connectivity index (χ3v) is 1.96. The van der Waals surface area contributed by atoms with E-state index < -0.39 is 5.97 Å². The highest BCUT2D eigenvalue weighted by atomic mass is 16.5. The number of aromatic nitrogens is 1. The minimum atomic E-state index is -1.08. The van der Waals surface area contributed by atoms with Gasteiger partial charge < -0.3 is 19.7 Å². The number of nitrogens with zero attached hydrogens (tertiary/aromatic N) is 1. The standard InChI is InChI=1S/C8H8N2O4/c1-10-2-4-7(6(10)8(12)13)14-3-5(11)9-4/h2H,3H2,1H3,(H,9,11)(H,12,13). The summed E-state index contributed by atoms with van der Waals surface area (Å²) in [4.78, 5) is 21.7. The van der Waals surface area contributed by atoms with Crippen molar-refractivity contribution in [1.29, 1.82) is 0 Å². The molecular formula is C8H8N2O4. The fraction of sp³-hybridized carbons (Fsp3) is 0.250. The van der Waals surface area contributed by atoms with E-state index >= 15 is 0 Å². The number of aromatic carboxylic acids is 1. The molecule has 1 aliphatic heterocycles. The molecule has 2 N–H and O–H groups in total. The first-order valence-corrected chi connectivity index (χ1v) is 3.95. The van der Waals surface area contributed by atoms with Gasteiger partial charge in [-0.1, -0.05) is 0 Å². The van der Waals surface area contributed by atoms with Crippen LogP contribution in [-0.4, -0.2) is 28.2 Å². The summed E-state index contributed by atoms with van der Waals surface area (Å²) in [5.74, 6) is -1.13. The Hall–Kier alpha value is -1.98. The Bertz CT molecular complexity index is 421. The van der Waals surface area contributed by atoms with E-state index in [9.17, 15) is 9.59 Å². The number of carboxylic acids is 1. The second kappa shape index (κ2) is 2.76. The first kappa shape index (κ1) is 8.61. The number of hydrogen-bond donors (Lipinski definition) is 2. The van der Waals surface area contributed by atoms with Crippen LogP contribution in [0.2, 0.25) is 0 Å². The summed E-state index contributed by atoms with van der Waals surface area (Å²) in [5, 5.41) is 11.4. The topological polar surface area (TPSA) is 80.6 Å². The number of nitrogens with one attached hydrogen (secondary N) is 1. The van der Waals surface area contributed by atoms with Crippen LogP contribution in [0.4, 0.5) is 5.69 Å². The molecule has 1 aromatic rings. The lowest BCUT2D eigenvalue weighted by atomic mass is 10.3. The maximum atomic E-state index is 10.9. The number of carbonyl (C=O) groups excluding carboxylic acids is 1. The molecule has 0 atom stereocenters. The van der Waals surface area contributed by atoms with Gasteiger partial charge in [0.25, 0.3) is 5.91 Å². The maximum absolute atomic E-state index is 10.9. The summed E-state index contributed by atoms with van der Waals surface area (Å²) in [6, 6.07) is 0. The van der Waals surface area contributed by atoms with Crippen molar-refractivity contribution in [3.63, 3.8) is 0 Å². The lowest BCUT2D eigenvalue weighted by Crippen LogP contribution is -2.25. The Morgan fingerprint density at radius 1 is 1.71 bits per heavy atom. The zero-order chi connectivity index (χ0) is 10.3. The van der Waals surface area contributed by atoms with Crippen LogP contribution in [0, 0.1) is 0 Å². The van der Waals surface area contributed by atoms with E-state index in [0.29, 0.717) is 5.69 Å². The first-order valence-electron chi connectivity index (χ1n) is 3.95. The SMILES string of the molecule is Cn1cc2c(c1C(=O)O)OCC(=O)N2. The molecule has 0 saturated carbocycles. The minimum absolute atomic E-state index is 0.0417. The van der Waals surface area contributed by atoms with E-state index in [0.717, 1.165) is 0 Å². The van der Waals surface area contributed by atoms with Gasteiger partial charge in [0.05, 0.1) is 0 Å². The Kier molecular flexibility index (Phi) is 1.70. The first-order chi connectivity index (χ1) is 6.59. The second-order valence-electron chi connectivity index (χ2n) is 2.97. The number of rotatable bonds is 1. The third-order valence-electron chi connectivity index (χ3n) is 1.96. The van der Waals surface area contributed by atoms with Crippen molar-refractivity contribution < 1.29 is 19.4 Å². The van der Waals surface area contributed by atoms with E-state index in [1.165, 1.54) is 10.8 Å². The second-order valence-corrected chi connectivity index (χ2v) is 2.97. The van der Waals surface area contributed by atoms with E-state index in [2.05, 4.69) is 5.32 Å². The number of hydrogen-bond acceptors (Lipinski definition) is 3. The smallest absolute Gasteiger partial charge is 0.356 e. The number of amides is 1. The minimum Gasteiger partial charge on any atom is -0.479 e. The molecule has 0 unspecified atom stereocenters. The number of carboxylic acid groups (broad SMARTS) is 1. The summed E-state index contributed by atoms with van der Waals surface area (Å²) in [6.07, 6.45) is 1.51. The summed E-state index contributed by atoms with van der Waals surface area (Å²) < 4.78 is 6.44. The molecule has 0 radical (unpaired) electrons. The van der Waals surface area contributed by atoms with Gasteiger partial charge in [0.1, 0.15) is 5.69 Å². The van der Waals surface area contributed by atoms with Gasteiger partial charge in [-0.25, -0.2) is 4.79 Å². The zero-order valence-electron chi connectivity index (χ0n) is 7.40. The van der Waals surface area contributed by atoms with Crippen LogP contribution in [0.5, 0.6) is 5.75 Å². The molecule has 0 spiro atoms. The van der Waals surface area contributed by atoms with Gasteiger partial charge in [-0.3, -0.25) is 4.79 Å². The molecule has 2 heterocycles. The monoisotopic (exact) mass is 196 g/mol. The molecule has 74 valence electrons. The average molecular weight is 196 g/mol. The van der Waals surface area contributed by atoms with Crippen LogP contribution >= 0.6 is 0 Å². The quantitative estimate of drug-likeness (QED) is 0.665. The van der Waals surface area contributed by atoms with Crippen molar-refractivity contribution >= 4 is 17.6 Å². The number of ether oxygens (including phenoxy) is 1. The average Bonchev–Trinajstić information content (AvgIpc) is 2.39. The van der Waals surface area contributed by atoms with Crippen LogP contribution in [0.3, 0.4) is 0 Å². The molecule has 6 nitrogen and oxygen atoms in total. The Morgan fingerprint density at radius 2 is 2.43 bits per heavy atom. The zero-order valence-corrected chi connectivity index (χ0v) is 7.40. The van der Waals surface area contributed by atoms with E-state index in [-0.39, 0.29) is 24.0 Å². The van der Waals surface area contributed by atoms with Crippen LogP contribution < -0.4 is 10.1 Å². The fourth-order valence-corrected chi connectivity index (χ4v) is 1.41. The van der Waals surface area contributed by atoms with Crippen molar-refractivity contribution in [2.24, 2.45) is 7.05 Å². The maximum Gasteiger partial charge on any atom is 0.356 e.